The van der Waals surface area contributed by atoms with Gasteiger partial charge in [-0.3, -0.25) is 4.79 Å². The second-order valence-electron chi connectivity index (χ2n) is 4.40. The summed E-state index contributed by atoms with van der Waals surface area (Å²) in [5, 5.41) is 18.5. The lowest BCUT2D eigenvalue weighted by atomic mass is 9.96. The van der Waals surface area contributed by atoms with Crippen LogP contribution < -0.4 is 11.3 Å². The molecule has 2 aromatic rings. The molecule has 8 heteroatoms. The van der Waals surface area contributed by atoms with Crippen molar-refractivity contribution in [2.45, 2.75) is 0 Å². The number of hydrogen-bond acceptors (Lipinski definition) is 6. The molecule has 0 fully saturated rings. The molecular formula is C15H9ClN4O3. The van der Waals surface area contributed by atoms with Gasteiger partial charge >= 0.3 is 5.97 Å². The summed E-state index contributed by atoms with van der Waals surface area (Å²) in [6.07, 6.45) is 0. The normalized spacial score (nSPS) is 9.74. The van der Waals surface area contributed by atoms with Crippen molar-refractivity contribution in [3.05, 3.63) is 50.3 Å². The van der Waals surface area contributed by atoms with E-state index in [0.717, 1.165) is 0 Å². The highest BCUT2D eigenvalue weighted by molar-refractivity contribution is 6.33. The van der Waals surface area contributed by atoms with Crippen molar-refractivity contribution in [2.75, 3.05) is 12.8 Å². The molecule has 0 aliphatic rings. The number of benzene rings is 1. The fourth-order valence-corrected chi connectivity index (χ4v) is 2.34. The van der Waals surface area contributed by atoms with Crippen LogP contribution in [0, 0.1) is 22.7 Å². The Kier molecular flexibility index (Phi) is 4.35. The maximum atomic E-state index is 11.9. The van der Waals surface area contributed by atoms with E-state index in [1.807, 2.05) is 6.07 Å². The Labute approximate surface area is 135 Å². The molecule has 114 valence electrons. The van der Waals surface area contributed by atoms with E-state index in [2.05, 4.69) is 9.72 Å². The van der Waals surface area contributed by atoms with Gasteiger partial charge in [-0.2, -0.15) is 10.5 Å². The van der Waals surface area contributed by atoms with Crippen molar-refractivity contribution in [2.24, 2.45) is 0 Å². The van der Waals surface area contributed by atoms with Crippen LogP contribution in [0.1, 0.15) is 21.5 Å². The van der Waals surface area contributed by atoms with Gasteiger partial charge in [0.1, 0.15) is 29.1 Å². The number of aromatic nitrogens is 1. The number of carbonyl (C=O) groups is 1. The van der Waals surface area contributed by atoms with Crippen LogP contribution in [-0.2, 0) is 4.74 Å². The Hall–Kier alpha value is -3.29. The van der Waals surface area contributed by atoms with Gasteiger partial charge in [-0.25, -0.2) is 4.79 Å². The summed E-state index contributed by atoms with van der Waals surface area (Å²) in [6.45, 7) is 0. The van der Waals surface area contributed by atoms with E-state index < -0.39 is 11.5 Å². The van der Waals surface area contributed by atoms with Gasteiger partial charge in [0.05, 0.1) is 17.7 Å². The second-order valence-corrected chi connectivity index (χ2v) is 4.81. The highest BCUT2D eigenvalue weighted by Crippen LogP contribution is 2.31. The van der Waals surface area contributed by atoms with Crippen molar-refractivity contribution >= 4 is 23.4 Å². The van der Waals surface area contributed by atoms with Crippen LogP contribution in [0.3, 0.4) is 0 Å². The smallest absolute Gasteiger partial charge is 0.339 e. The van der Waals surface area contributed by atoms with Gasteiger partial charge in [0.15, 0.2) is 0 Å². The van der Waals surface area contributed by atoms with Crippen LogP contribution in [0.25, 0.3) is 11.1 Å². The van der Waals surface area contributed by atoms with E-state index in [4.69, 9.17) is 17.3 Å². The summed E-state index contributed by atoms with van der Waals surface area (Å²) in [5.41, 5.74) is 5.10. The fourth-order valence-electron chi connectivity index (χ4n) is 2.08. The third-order valence-electron chi connectivity index (χ3n) is 3.13. The average molecular weight is 329 g/mol. The van der Waals surface area contributed by atoms with Crippen molar-refractivity contribution in [3.8, 4) is 23.3 Å². The summed E-state index contributed by atoms with van der Waals surface area (Å²) in [4.78, 5) is 25.7. The number of nitrogen functional groups attached to an aromatic ring is 1. The average Bonchev–Trinajstić information content (AvgIpc) is 2.53. The summed E-state index contributed by atoms with van der Waals surface area (Å²) >= 11 is 6.04. The Bertz CT molecular complexity index is 951. The molecule has 0 spiro atoms. The van der Waals surface area contributed by atoms with E-state index in [-0.39, 0.29) is 33.1 Å². The van der Waals surface area contributed by atoms with Gasteiger partial charge in [-0.05, 0) is 17.7 Å². The summed E-state index contributed by atoms with van der Waals surface area (Å²) in [5.74, 6) is -0.785. The van der Waals surface area contributed by atoms with Gasteiger partial charge in [0.25, 0.3) is 5.56 Å². The number of nitrogens with one attached hydrogen (secondary N) is 1. The van der Waals surface area contributed by atoms with E-state index >= 15 is 0 Å². The molecule has 0 bridgehead atoms. The van der Waals surface area contributed by atoms with Crippen LogP contribution in [0.5, 0.6) is 0 Å². The Balaban J connectivity index is 2.81. The minimum absolute atomic E-state index is 0.0527. The number of halogens is 1. The molecule has 3 N–H and O–H groups in total. The van der Waals surface area contributed by atoms with Crippen molar-refractivity contribution in [1.82, 2.24) is 4.98 Å². The molecule has 0 aliphatic carbocycles. The van der Waals surface area contributed by atoms with Crippen molar-refractivity contribution in [1.29, 1.82) is 10.5 Å². The number of nitriles is 2. The fraction of sp³-hybridized carbons (Fsp3) is 0.0667. The molecule has 0 saturated carbocycles. The number of aromatic amines is 1. The number of methoxy groups -OCH3 is 1. The van der Waals surface area contributed by atoms with Gasteiger partial charge in [-0.15, -0.1) is 0 Å². The molecule has 23 heavy (non-hydrogen) atoms. The second kappa shape index (κ2) is 6.22. The molecule has 0 amide bonds. The minimum atomic E-state index is -0.716. The molecule has 0 radical (unpaired) electrons. The highest BCUT2D eigenvalue weighted by Gasteiger charge is 2.20. The number of carbonyl (C=O) groups excluding carboxylic acids is 1. The molecule has 7 nitrogen and oxygen atoms in total. The van der Waals surface area contributed by atoms with Crippen LogP contribution in [-0.4, -0.2) is 18.1 Å². The summed E-state index contributed by atoms with van der Waals surface area (Å²) in [6, 6.07) is 7.79. The maximum absolute atomic E-state index is 11.9. The number of H-pyrrole nitrogens is 1. The third kappa shape index (κ3) is 2.73. The molecule has 0 unspecified atom stereocenters. The summed E-state index contributed by atoms with van der Waals surface area (Å²) in [7, 11) is 1.21. The van der Waals surface area contributed by atoms with Crippen LogP contribution in [0.15, 0.2) is 23.0 Å². The SMILES string of the molecule is COC(=O)c1ccc(-c2c(C#N)c(N)[nH]c(=O)c2C#N)cc1Cl. The van der Waals surface area contributed by atoms with Crippen LogP contribution in [0.4, 0.5) is 5.82 Å². The first kappa shape index (κ1) is 16.1. The number of ether oxygens (including phenoxy) is 1. The molecular weight excluding hydrogens is 320 g/mol. The number of anilines is 1. The largest absolute Gasteiger partial charge is 0.465 e. The maximum Gasteiger partial charge on any atom is 0.339 e. The Morgan fingerprint density at radius 3 is 2.48 bits per heavy atom. The highest BCUT2D eigenvalue weighted by atomic mass is 35.5. The van der Waals surface area contributed by atoms with Gasteiger partial charge < -0.3 is 15.5 Å². The van der Waals surface area contributed by atoms with Crippen LogP contribution >= 0.6 is 11.6 Å². The minimum Gasteiger partial charge on any atom is -0.465 e. The zero-order valence-electron chi connectivity index (χ0n) is 11.8. The van der Waals surface area contributed by atoms with Crippen molar-refractivity contribution in [3.63, 3.8) is 0 Å². The first-order valence-corrected chi connectivity index (χ1v) is 6.56. The molecule has 0 atom stereocenters. The van der Waals surface area contributed by atoms with Gasteiger partial charge in [0, 0.05) is 5.56 Å². The Morgan fingerprint density at radius 2 is 1.96 bits per heavy atom. The molecule has 1 aromatic carbocycles. The first-order valence-electron chi connectivity index (χ1n) is 6.18. The lowest BCUT2D eigenvalue weighted by Gasteiger charge is -2.10. The monoisotopic (exact) mass is 328 g/mol. The van der Waals surface area contributed by atoms with Gasteiger partial charge in [-0.1, -0.05) is 17.7 Å². The van der Waals surface area contributed by atoms with E-state index in [1.165, 1.54) is 25.3 Å². The van der Waals surface area contributed by atoms with E-state index in [1.54, 1.807) is 6.07 Å². The number of hydrogen-bond donors (Lipinski definition) is 2. The topological polar surface area (TPSA) is 133 Å². The number of pyridine rings is 1. The van der Waals surface area contributed by atoms with Gasteiger partial charge in [0.2, 0.25) is 0 Å². The van der Waals surface area contributed by atoms with E-state index in [0.29, 0.717) is 5.56 Å². The van der Waals surface area contributed by atoms with Crippen LogP contribution in [0.2, 0.25) is 5.02 Å². The first-order chi connectivity index (χ1) is 10.9. The molecule has 1 heterocycles. The number of nitrogens with two attached hydrogens (primary N) is 1. The molecule has 0 saturated heterocycles. The molecule has 2 rings (SSSR count). The number of rotatable bonds is 2. The lowest BCUT2D eigenvalue weighted by molar-refractivity contribution is 0.0601. The zero-order chi connectivity index (χ0) is 17.1. The van der Waals surface area contributed by atoms with E-state index in [9.17, 15) is 20.1 Å². The quantitative estimate of drug-likeness (QED) is 0.807. The Morgan fingerprint density at radius 1 is 1.30 bits per heavy atom. The molecule has 0 aliphatic heterocycles. The number of nitrogens with zero attached hydrogens (tertiary/aromatic N) is 2. The van der Waals surface area contributed by atoms with Crippen molar-refractivity contribution < 1.29 is 9.53 Å². The number of esters is 1. The third-order valence-corrected chi connectivity index (χ3v) is 3.44. The predicted octanol–water partition coefficient (Wildman–Crippen LogP) is 1.81. The molecule has 1 aromatic heterocycles. The summed E-state index contributed by atoms with van der Waals surface area (Å²) < 4.78 is 4.59. The predicted molar refractivity (Wildman–Crippen MR) is 82.7 cm³/mol. The standard InChI is InChI=1S/C15H9ClN4O3/c1-23-15(22)8-3-2-7(4-11(8)16)12-9(5-17)13(19)20-14(21)10(12)6-18/h2-4H,1H3,(H3,19,20,21). The lowest BCUT2D eigenvalue weighted by Crippen LogP contribution is -2.16. The zero-order valence-corrected chi connectivity index (χ0v) is 12.6.